The molecule has 7 nitrogen and oxygen atoms in total. The third-order valence-electron chi connectivity index (χ3n) is 4.11. The molecule has 0 bridgehead atoms. The molecule has 0 spiro atoms. The van der Waals surface area contributed by atoms with Gasteiger partial charge >= 0.3 is 11.8 Å². The smallest absolute Gasteiger partial charge is 0.313 e. The quantitative estimate of drug-likeness (QED) is 0.696. The minimum Gasteiger partial charge on any atom is -0.493 e. The Bertz CT molecular complexity index is 939. The van der Waals surface area contributed by atoms with Crippen LogP contribution in [0.25, 0.3) is 0 Å². The molecule has 1 heterocycles. The van der Waals surface area contributed by atoms with Crippen LogP contribution >= 0.6 is 11.6 Å². The lowest BCUT2D eigenvalue weighted by Gasteiger charge is -2.13. The summed E-state index contributed by atoms with van der Waals surface area (Å²) in [6, 6.07) is 11.5. The van der Waals surface area contributed by atoms with Gasteiger partial charge in [0.2, 0.25) is 0 Å². The number of nitrogens with one attached hydrogen (secondary N) is 2. The van der Waals surface area contributed by atoms with Gasteiger partial charge in [-0.2, -0.15) is 5.26 Å². The van der Waals surface area contributed by atoms with Crippen LogP contribution in [0.2, 0.25) is 5.02 Å². The molecular formula is C19H16ClN3O4. The fourth-order valence-corrected chi connectivity index (χ4v) is 2.87. The lowest BCUT2D eigenvalue weighted by molar-refractivity contribution is -0.136. The second-order valence-electron chi connectivity index (χ2n) is 5.95. The van der Waals surface area contributed by atoms with Crippen LogP contribution in [0.3, 0.4) is 0 Å². The summed E-state index contributed by atoms with van der Waals surface area (Å²) in [4.78, 5) is 24.0. The number of rotatable bonds is 4. The van der Waals surface area contributed by atoms with Crippen LogP contribution in [0.4, 0.5) is 5.69 Å². The summed E-state index contributed by atoms with van der Waals surface area (Å²) in [6.45, 7) is 0.479. The van der Waals surface area contributed by atoms with Crippen molar-refractivity contribution in [1.29, 1.82) is 5.26 Å². The van der Waals surface area contributed by atoms with E-state index in [0.29, 0.717) is 17.2 Å². The molecule has 2 amide bonds. The molecule has 3 N–H and O–H groups in total. The number of hydrogen-bond acceptors (Lipinski definition) is 5. The molecule has 0 saturated carbocycles. The number of amides is 2. The summed E-state index contributed by atoms with van der Waals surface area (Å²) in [5, 5.41) is 24.3. The molecule has 0 unspecified atom stereocenters. The number of carbonyl (C=O) groups excluding carboxylic acids is 2. The van der Waals surface area contributed by atoms with E-state index in [9.17, 15) is 14.7 Å². The molecule has 0 radical (unpaired) electrons. The summed E-state index contributed by atoms with van der Waals surface area (Å²) in [7, 11) is 0. The molecule has 1 atom stereocenters. The molecule has 0 saturated heterocycles. The number of aliphatic hydroxyl groups excluding tert-OH is 1. The fourth-order valence-electron chi connectivity index (χ4n) is 2.70. The van der Waals surface area contributed by atoms with Crippen LogP contribution in [-0.2, 0) is 16.0 Å². The monoisotopic (exact) mass is 385 g/mol. The highest BCUT2D eigenvalue weighted by atomic mass is 35.5. The highest BCUT2D eigenvalue weighted by molar-refractivity contribution is 6.40. The van der Waals surface area contributed by atoms with Gasteiger partial charge in [0.1, 0.15) is 11.8 Å². The Kier molecular flexibility index (Phi) is 5.60. The Hall–Kier alpha value is -3.08. The van der Waals surface area contributed by atoms with E-state index in [0.717, 1.165) is 17.7 Å². The third-order valence-corrected chi connectivity index (χ3v) is 4.35. The Morgan fingerprint density at radius 3 is 2.85 bits per heavy atom. The Morgan fingerprint density at radius 2 is 2.07 bits per heavy atom. The summed E-state index contributed by atoms with van der Waals surface area (Å²) in [5.41, 5.74) is 1.95. The van der Waals surface area contributed by atoms with E-state index < -0.39 is 17.9 Å². The molecule has 138 valence electrons. The number of ether oxygens (including phenoxy) is 1. The van der Waals surface area contributed by atoms with E-state index in [2.05, 4.69) is 10.6 Å². The van der Waals surface area contributed by atoms with Gasteiger partial charge < -0.3 is 20.5 Å². The van der Waals surface area contributed by atoms with E-state index in [-0.39, 0.29) is 17.8 Å². The molecule has 3 rings (SSSR count). The first kappa shape index (κ1) is 18.7. The van der Waals surface area contributed by atoms with Crippen LogP contribution < -0.4 is 15.4 Å². The van der Waals surface area contributed by atoms with Crippen molar-refractivity contribution in [3.8, 4) is 11.8 Å². The van der Waals surface area contributed by atoms with Crippen molar-refractivity contribution in [3.05, 3.63) is 58.1 Å². The van der Waals surface area contributed by atoms with Gasteiger partial charge in [0.15, 0.2) is 0 Å². The number of hydrogen-bond donors (Lipinski definition) is 3. The molecule has 0 fully saturated rings. The zero-order valence-electron chi connectivity index (χ0n) is 14.2. The molecule has 2 aromatic carbocycles. The zero-order chi connectivity index (χ0) is 19.4. The van der Waals surface area contributed by atoms with E-state index in [1.165, 1.54) is 18.2 Å². The van der Waals surface area contributed by atoms with E-state index >= 15 is 0 Å². The molecule has 0 aliphatic carbocycles. The topological polar surface area (TPSA) is 111 Å². The lowest BCUT2D eigenvalue weighted by atomic mass is 10.0. The molecule has 1 aliphatic heterocycles. The van der Waals surface area contributed by atoms with Crippen LogP contribution in [0.15, 0.2) is 36.4 Å². The first-order chi connectivity index (χ1) is 13.0. The first-order valence-electron chi connectivity index (χ1n) is 8.20. The van der Waals surface area contributed by atoms with Gasteiger partial charge in [-0.05, 0) is 41.5 Å². The summed E-state index contributed by atoms with van der Waals surface area (Å²) >= 11 is 5.84. The minimum absolute atomic E-state index is 0.132. The van der Waals surface area contributed by atoms with Gasteiger partial charge in [0.05, 0.1) is 24.0 Å². The summed E-state index contributed by atoms with van der Waals surface area (Å²) in [5.74, 6) is -1.09. The van der Waals surface area contributed by atoms with Gasteiger partial charge in [-0.3, -0.25) is 9.59 Å². The van der Waals surface area contributed by atoms with Crippen LogP contribution in [0, 0.1) is 11.3 Å². The average Bonchev–Trinajstić information content (AvgIpc) is 3.13. The van der Waals surface area contributed by atoms with Crippen molar-refractivity contribution in [2.75, 3.05) is 18.5 Å². The third kappa shape index (κ3) is 4.37. The van der Waals surface area contributed by atoms with Crippen LogP contribution in [0.1, 0.15) is 22.8 Å². The largest absolute Gasteiger partial charge is 0.493 e. The van der Waals surface area contributed by atoms with Gasteiger partial charge in [0, 0.05) is 18.0 Å². The lowest BCUT2D eigenvalue weighted by Crippen LogP contribution is -2.37. The molecule has 8 heteroatoms. The first-order valence-corrected chi connectivity index (χ1v) is 8.58. The normalized spacial score (nSPS) is 13.1. The molecule has 27 heavy (non-hydrogen) atoms. The number of nitrogens with zero attached hydrogens (tertiary/aromatic N) is 1. The van der Waals surface area contributed by atoms with Gasteiger partial charge in [-0.15, -0.1) is 0 Å². The van der Waals surface area contributed by atoms with Crippen molar-refractivity contribution < 1.29 is 19.4 Å². The van der Waals surface area contributed by atoms with Crippen LogP contribution in [-0.4, -0.2) is 30.1 Å². The van der Waals surface area contributed by atoms with E-state index in [1.54, 1.807) is 12.1 Å². The maximum atomic E-state index is 12.0. The average molecular weight is 386 g/mol. The number of benzene rings is 2. The number of aliphatic hydroxyl groups is 1. The van der Waals surface area contributed by atoms with E-state index in [1.807, 2.05) is 12.1 Å². The number of halogens is 1. The van der Waals surface area contributed by atoms with Crippen molar-refractivity contribution in [3.63, 3.8) is 0 Å². The van der Waals surface area contributed by atoms with Crippen molar-refractivity contribution >= 4 is 29.1 Å². The Labute approximate surface area is 160 Å². The van der Waals surface area contributed by atoms with E-state index in [4.69, 9.17) is 21.6 Å². The highest BCUT2D eigenvalue weighted by Gasteiger charge is 2.19. The Balaban J connectivity index is 1.58. The zero-order valence-corrected chi connectivity index (χ0v) is 14.9. The predicted molar refractivity (Wildman–Crippen MR) is 98.4 cm³/mol. The van der Waals surface area contributed by atoms with Gasteiger partial charge in [-0.1, -0.05) is 17.7 Å². The van der Waals surface area contributed by atoms with Crippen LogP contribution in [0.5, 0.6) is 5.75 Å². The summed E-state index contributed by atoms with van der Waals surface area (Å²) in [6.07, 6.45) is -0.195. The summed E-state index contributed by atoms with van der Waals surface area (Å²) < 4.78 is 5.41. The molecule has 1 aliphatic rings. The molecular weight excluding hydrogens is 370 g/mol. The van der Waals surface area contributed by atoms with Gasteiger partial charge in [0.25, 0.3) is 0 Å². The standard InChI is InChI=1S/C19H16ClN3O4/c20-14-3-1-13(9-21)15(8-14)23-19(26)18(25)22-10-16(24)11-2-4-17-12(7-11)5-6-27-17/h1-4,7-8,16,24H,5-6,10H2,(H,22,25)(H,23,26)/t16-/m0/s1. The minimum atomic E-state index is -0.964. The number of nitriles is 1. The number of fused-ring (bicyclic) bond motifs is 1. The predicted octanol–water partition coefficient (Wildman–Crippen LogP) is 1.93. The second-order valence-corrected chi connectivity index (χ2v) is 6.38. The fraction of sp³-hybridized carbons (Fsp3) is 0.211. The van der Waals surface area contributed by atoms with Gasteiger partial charge in [-0.25, -0.2) is 0 Å². The molecule has 0 aromatic heterocycles. The van der Waals surface area contributed by atoms with Crippen molar-refractivity contribution in [1.82, 2.24) is 5.32 Å². The highest BCUT2D eigenvalue weighted by Crippen LogP contribution is 2.28. The Morgan fingerprint density at radius 1 is 1.26 bits per heavy atom. The maximum Gasteiger partial charge on any atom is 0.313 e. The number of carbonyl (C=O) groups is 2. The van der Waals surface area contributed by atoms with Crippen molar-refractivity contribution in [2.45, 2.75) is 12.5 Å². The SMILES string of the molecule is N#Cc1ccc(Cl)cc1NC(=O)C(=O)NC[C@H](O)c1ccc2c(c1)CCO2. The number of anilines is 1. The molecule has 2 aromatic rings. The maximum absolute atomic E-state index is 12.0. The second kappa shape index (κ2) is 8.08. The van der Waals surface area contributed by atoms with Crippen molar-refractivity contribution in [2.24, 2.45) is 0 Å².